The highest BCUT2D eigenvalue weighted by molar-refractivity contribution is 5.82. The third-order valence-electron chi connectivity index (χ3n) is 4.27. The van der Waals surface area contributed by atoms with Crippen molar-refractivity contribution >= 4 is 0 Å². The summed E-state index contributed by atoms with van der Waals surface area (Å²) in [4.78, 5) is 0. The second-order valence-electron chi connectivity index (χ2n) is 7.01. The summed E-state index contributed by atoms with van der Waals surface area (Å²) in [5.74, 6) is 0. The van der Waals surface area contributed by atoms with E-state index in [1.807, 2.05) is 12.1 Å². The molecule has 0 heteroatoms. The van der Waals surface area contributed by atoms with Gasteiger partial charge >= 0.3 is 0 Å². The Morgan fingerprint density at radius 1 is 0.947 bits per heavy atom. The number of rotatable bonds is 0. The zero-order valence-corrected chi connectivity index (χ0v) is 12.4. The van der Waals surface area contributed by atoms with Gasteiger partial charge in [0.15, 0.2) is 0 Å². The van der Waals surface area contributed by atoms with Gasteiger partial charge in [0, 0.05) is 5.41 Å². The molecule has 0 amide bonds. The maximum absolute atomic E-state index is 7.96. The van der Waals surface area contributed by atoms with Gasteiger partial charge in [0.05, 0.1) is 2.74 Å². The minimum atomic E-state index is -0.113. The first kappa shape index (κ1) is 10.3. The molecule has 0 radical (unpaired) electrons. The minimum absolute atomic E-state index is 0.0816. The molecule has 0 nitrogen and oxygen atoms in total. The summed E-state index contributed by atoms with van der Waals surface area (Å²) < 4.78 is 15.9. The van der Waals surface area contributed by atoms with E-state index in [4.69, 9.17) is 2.74 Å². The van der Waals surface area contributed by atoms with Crippen LogP contribution in [0.25, 0.3) is 11.1 Å². The van der Waals surface area contributed by atoms with Gasteiger partial charge in [-0.3, -0.25) is 0 Å². The van der Waals surface area contributed by atoms with Crippen molar-refractivity contribution in [2.45, 2.75) is 45.4 Å². The summed E-state index contributed by atoms with van der Waals surface area (Å²) in [5.41, 5.74) is 6.22. The van der Waals surface area contributed by atoms with Crippen LogP contribution in [0.3, 0.4) is 0 Å². The molecule has 3 rings (SSSR count). The minimum Gasteiger partial charge on any atom is -0.0619 e. The van der Waals surface area contributed by atoms with Crippen LogP contribution in [0.15, 0.2) is 42.4 Å². The second-order valence-corrected chi connectivity index (χ2v) is 7.01. The van der Waals surface area contributed by atoms with Gasteiger partial charge in [-0.2, -0.15) is 0 Å². The fraction of sp³-hybridized carbons (Fsp3) is 0.368. The maximum Gasteiger partial charge on any atom is 0.0623 e. The second kappa shape index (κ2) is 3.72. The topological polar surface area (TPSA) is 0 Å². The lowest BCUT2D eigenvalue weighted by Crippen LogP contribution is -2.22. The monoisotopic (exact) mass is 252 g/mol. The van der Waals surface area contributed by atoms with Crippen LogP contribution in [0.4, 0.5) is 0 Å². The van der Waals surface area contributed by atoms with Gasteiger partial charge in [-0.15, -0.1) is 0 Å². The number of hydrogen-bond acceptors (Lipinski definition) is 0. The number of hydrogen-bond donors (Lipinski definition) is 0. The lowest BCUT2D eigenvalue weighted by atomic mass is 9.74. The lowest BCUT2D eigenvalue weighted by molar-refractivity contribution is 0.556. The standard InChI is InChI=1S/C19H22/c1-18(2,3)16-12-8-10-14-13-9-6-7-11-15(13)19(4,5)17(14)16/h6-12H,1-5H3/i6D,7D. The van der Waals surface area contributed by atoms with Crippen LogP contribution in [0.5, 0.6) is 0 Å². The molecule has 0 aliphatic heterocycles. The third kappa shape index (κ3) is 1.66. The largest absolute Gasteiger partial charge is 0.0623 e. The van der Waals surface area contributed by atoms with Crippen LogP contribution in [0.2, 0.25) is 0 Å². The van der Waals surface area contributed by atoms with Crippen LogP contribution in [-0.4, -0.2) is 0 Å². The molecule has 0 saturated heterocycles. The molecule has 1 aliphatic carbocycles. The summed E-state index contributed by atoms with van der Waals surface area (Å²) in [5, 5.41) is 0. The third-order valence-corrected chi connectivity index (χ3v) is 4.27. The zero-order valence-electron chi connectivity index (χ0n) is 14.4. The molecule has 0 aromatic heterocycles. The Morgan fingerprint density at radius 2 is 1.63 bits per heavy atom. The molecular weight excluding hydrogens is 228 g/mol. The summed E-state index contributed by atoms with van der Waals surface area (Å²) in [7, 11) is 0. The van der Waals surface area contributed by atoms with Gasteiger partial charge in [-0.1, -0.05) is 77.0 Å². The molecule has 0 atom stereocenters. The highest BCUT2D eigenvalue weighted by atomic mass is 14.4. The van der Waals surface area contributed by atoms with Crippen molar-refractivity contribution in [2.24, 2.45) is 0 Å². The van der Waals surface area contributed by atoms with Crippen molar-refractivity contribution in [1.82, 2.24) is 0 Å². The van der Waals surface area contributed by atoms with Crippen molar-refractivity contribution in [3.63, 3.8) is 0 Å². The van der Waals surface area contributed by atoms with E-state index in [0.717, 1.165) is 5.56 Å². The summed E-state index contributed by atoms with van der Waals surface area (Å²) in [6.45, 7) is 11.2. The average Bonchev–Trinajstić information content (AvgIpc) is 2.59. The van der Waals surface area contributed by atoms with Gasteiger partial charge in [0.2, 0.25) is 0 Å². The Kier molecular flexibility index (Phi) is 2.01. The first-order valence-corrected chi connectivity index (χ1v) is 6.90. The van der Waals surface area contributed by atoms with Gasteiger partial charge in [-0.05, 0) is 33.2 Å². The van der Waals surface area contributed by atoms with E-state index in [0.29, 0.717) is 12.1 Å². The van der Waals surface area contributed by atoms with Gasteiger partial charge in [-0.25, -0.2) is 0 Å². The predicted octanol–water partition coefficient (Wildman–Crippen LogP) is 5.29. The summed E-state index contributed by atoms with van der Waals surface area (Å²) in [6.07, 6.45) is 0. The molecule has 2 aromatic carbocycles. The highest BCUT2D eigenvalue weighted by Crippen LogP contribution is 2.51. The fourth-order valence-corrected chi connectivity index (χ4v) is 3.33. The van der Waals surface area contributed by atoms with E-state index in [9.17, 15) is 0 Å². The van der Waals surface area contributed by atoms with E-state index in [2.05, 4.69) is 52.8 Å². The Morgan fingerprint density at radius 3 is 2.32 bits per heavy atom. The van der Waals surface area contributed by atoms with Crippen LogP contribution in [0, 0.1) is 0 Å². The maximum atomic E-state index is 7.96. The normalized spacial score (nSPS) is 17.5. The Labute approximate surface area is 119 Å². The molecule has 98 valence electrons. The van der Waals surface area contributed by atoms with Crippen molar-refractivity contribution in [3.8, 4) is 11.1 Å². The quantitative estimate of drug-likeness (QED) is 0.597. The average molecular weight is 252 g/mol. The van der Waals surface area contributed by atoms with E-state index >= 15 is 0 Å². The van der Waals surface area contributed by atoms with Crippen LogP contribution >= 0.6 is 0 Å². The molecule has 19 heavy (non-hydrogen) atoms. The molecule has 0 N–H and O–H groups in total. The van der Waals surface area contributed by atoms with Crippen molar-refractivity contribution in [3.05, 3.63) is 59.1 Å². The molecule has 0 spiro atoms. The van der Waals surface area contributed by atoms with Gasteiger partial charge in [0.25, 0.3) is 0 Å². The Hall–Kier alpha value is -1.56. The van der Waals surface area contributed by atoms with Gasteiger partial charge in [0.1, 0.15) is 0 Å². The van der Waals surface area contributed by atoms with E-state index in [1.54, 1.807) is 0 Å². The van der Waals surface area contributed by atoms with E-state index < -0.39 is 0 Å². The molecule has 2 aromatic rings. The lowest BCUT2D eigenvalue weighted by Gasteiger charge is -2.30. The molecule has 0 saturated carbocycles. The molecule has 1 aliphatic rings. The molecule has 0 bridgehead atoms. The Balaban J connectivity index is 2.40. The van der Waals surface area contributed by atoms with Crippen LogP contribution in [0.1, 0.15) is 54.1 Å². The van der Waals surface area contributed by atoms with Crippen LogP contribution < -0.4 is 0 Å². The van der Waals surface area contributed by atoms with Gasteiger partial charge < -0.3 is 0 Å². The fourth-order valence-electron chi connectivity index (χ4n) is 3.33. The predicted molar refractivity (Wildman–Crippen MR) is 82.7 cm³/mol. The zero-order chi connectivity index (χ0) is 15.6. The number of benzene rings is 2. The first-order valence-electron chi connectivity index (χ1n) is 7.90. The smallest absolute Gasteiger partial charge is 0.0619 e. The van der Waals surface area contributed by atoms with Crippen molar-refractivity contribution in [1.29, 1.82) is 0 Å². The molecular formula is C19H22. The summed E-state index contributed by atoms with van der Waals surface area (Å²) in [6, 6.07) is 10.8. The Bertz CT molecular complexity index is 734. The van der Waals surface area contributed by atoms with Crippen molar-refractivity contribution in [2.75, 3.05) is 0 Å². The summed E-state index contributed by atoms with van der Waals surface area (Å²) >= 11 is 0. The molecule has 0 unspecified atom stereocenters. The highest BCUT2D eigenvalue weighted by Gasteiger charge is 2.38. The first-order chi connectivity index (χ1) is 9.64. The SMILES string of the molecule is [2H]c1cc2c(cc1[2H])C(C)(C)c1c-2cccc1C(C)(C)C. The molecule has 0 heterocycles. The molecule has 0 fully saturated rings. The van der Waals surface area contributed by atoms with Crippen LogP contribution in [-0.2, 0) is 10.8 Å². The van der Waals surface area contributed by atoms with E-state index in [-0.39, 0.29) is 10.8 Å². The van der Waals surface area contributed by atoms with E-state index in [1.165, 1.54) is 22.3 Å². The number of fused-ring (bicyclic) bond motifs is 3. The van der Waals surface area contributed by atoms with Crippen molar-refractivity contribution < 1.29 is 2.74 Å².